The Hall–Kier alpha value is -5.37. The van der Waals surface area contributed by atoms with E-state index in [2.05, 4.69) is 12.2 Å². The highest BCUT2D eigenvalue weighted by Crippen LogP contribution is 2.52. The van der Waals surface area contributed by atoms with E-state index in [1.54, 1.807) is 12.1 Å². The third kappa shape index (κ3) is 6.49. The largest absolute Gasteiger partial charge is 0.485 e. The fourth-order valence-corrected chi connectivity index (χ4v) is 6.75. The molecule has 8 nitrogen and oxygen atoms in total. The number of likely N-dealkylation sites (tertiary alicyclic amines) is 1. The molecule has 0 unspecified atom stereocenters. The fourth-order valence-electron chi connectivity index (χ4n) is 6.75. The molecule has 2 fully saturated rings. The second-order valence-electron chi connectivity index (χ2n) is 12.1. The van der Waals surface area contributed by atoms with Crippen molar-refractivity contribution in [3.8, 4) is 17.2 Å². The predicted octanol–water partition coefficient (Wildman–Crippen LogP) is 6.39. The molecule has 2 bridgehead atoms. The predicted molar refractivity (Wildman–Crippen MR) is 173 cm³/mol. The zero-order chi connectivity index (χ0) is 32.2. The van der Waals surface area contributed by atoms with E-state index in [-0.39, 0.29) is 74.0 Å². The summed E-state index contributed by atoms with van der Waals surface area (Å²) in [6.45, 7) is 0.619. The summed E-state index contributed by atoms with van der Waals surface area (Å²) in [6.07, 6.45) is 4.98. The molecule has 1 saturated heterocycles. The second kappa shape index (κ2) is 13.5. The topological polar surface area (TPSA) is 91.4 Å². The Kier molecular flexibility index (Phi) is 8.73. The fraction of sp³-hybridized carbons (Fsp3) is 0.256. The number of imide groups is 1. The summed E-state index contributed by atoms with van der Waals surface area (Å²) in [4.78, 5) is 40.9. The number of allylic oxidation sites excluding steroid dienone is 2. The van der Waals surface area contributed by atoms with Crippen molar-refractivity contribution in [1.29, 1.82) is 0 Å². The lowest BCUT2D eigenvalue weighted by atomic mass is 9.85. The van der Waals surface area contributed by atoms with Crippen molar-refractivity contribution in [2.45, 2.75) is 26.2 Å². The van der Waals surface area contributed by atoms with Crippen molar-refractivity contribution in [2.24, 2.45) is 23.7 Å². The molecule has 7 rings (SSSR count). The number of nitrogens with zero attached hydrogens (tertiary/aromatic N) is 1. The monoisotopic (exact) mass is 629 g/mol. The zero-order valence-corrected chi connectivity index (χ0v) is 25.8. The third-order valence-electron chi connectivity index (χ3n) is 9.07. The standard InChI is InChI=1S/C39H35NO7/c41-37-34-29-16-17-30(20-29)35(34)38(42)40(37)18-19-44-39(43)31-21-32(45-23-26-10-4-1-5-11-26)36(47-25-28-14-8-3-9-15-28)33(22-31)46-24-27-12-6-2-7-13-27/h1-17,21-22,29-30,34-35H,18-20,23-25H2/t29-,30+,34+,35-. The lowest BCUT2D eigenvalue weighted by Gasteiger charge is -2.19. The molecule has 1 heterocycles. The van der Waals surface area contributed by atoms with Gasteiger partial charge in [-0.15, -0.1) is 0 Å². The molecule has 4 aromatic carbocycles. The first-order chi connectivity index (χ1) is 23.0. The van der Waals surface area contributed by atoms with Gasteiger partial charge in [-0.1, -0.05) is 103 Å². The van der Waals surface area contributed by atoms with Crippen LogP contribution in [0.25, 0.3) is 0 Å². The van der Waals surface area contributed by atoms with Gasteiger partial charge in [-0.3, -0.25) is 14.5 Å². The first-order valence-electron chi connectivity index (χ1n) is 15.9. The summed E-state index contributed by atoms with van der Waals surface area (Å²) in [7, 11) is 0. The van der Waals surface area contributed by atoms with E-state index in [1.807, 2.05) is 91.0 Å². The Morgan fingerprint density at radius 1 is 0.638 bits per heavy atom. The minimum absolute atomic E-state index is 0.0167. The lowest BCUT2D eigenvalue weighted by molar-refractivity contribution is -0.141. The van der Waals surface area contributed by atoms with E-state index in [4.69, 9.17) is 18.9 Å². The molecule has 8 heteroatoms. The molecular formula is C39H35NO7. The highest BCUT2D eigenvalue weighted by molar-refractivity contribution is 6.06. The van der Waals surface area contributed by atoms with Crippen LogP contribution in [0.1, 0.15) is 33.5 Å². The normalized spacial score (nSPS) is 20.7. The van der Waals surface area contributed by atoms with Gasteiger partial charge in [0.25, 0.3) is 0 Å². The van der Waals surface area contributed by atoms with Gasteiger partial charge in [-0.2, -0.15) is 0 Å². The number of fused-ring (bicyclic) bond motifs is 5. The number of hydrogen-bond donors (Lipinski definition) is 0. The summed E-state index contributed by atoms with van der Waals surface area (Å²) >= 11 is 0. The maximum absolute atomic E-state index is 13.5. The van der Waals surface area contributed by atoms with E-state index in [1.165, 1.54) is 4.90 Å². The quantitative estimate of drug-likeness (QED) is 0.0962. The molecule has 1 saturated carbocycles. The number of hydrogen-bond acceptors (Lipinski definition) is 7. The Labute approximate surface area is 273 Å². The highest BCUT2D eigenvalue weighted by Gasteiger charge is 2.59. The second-order valence-corrected chi connectivity index (χ2v) is 12.1. The van der Waals surface area contributed by atoms with Crippen LogP contribution >= 0.6 is 0 Å². The van der Waals surface area contributed by atoms with Crippen LogP contribution < -0.4 is 14.2 Å². The maximum Gasteiger partial charge on any atom is 0.338 e. The lowest BCUT2D eigenvalue weighted by Crippen LogP contribution is -2.36. The Balaban J connectivity index is 1.12. The maximum atomic E-state index is 13.5. The third-order valence-corrected chi connectivity index (χ3v) is 9.07. The summed E-state index contributed by atoms with van der Waals surface area (Å²) < 4.78 is 24.5. The van der Waals surface area contributed by atoms with E-state index in [9.17, 15) is 14.4 Å². The zero-order valence-electron chi connectivity index (χ0n) is 25.8. The van der Waals surface area contributed by atoms with Crippen LogP contribution in [0, 0.1) is 23.7 Å². The van der Waals surface area contributed by atoms with Crippen LogP contribution in [0.2, 0.25) is 0 Å². The first kappa shape index (κ1) is 30.3. The summed E-state index contributed by atoms with van der Waals surface area (Å²) in [5.74, 6) is -0.279. The molecule has 0 radical (unpaired) electrons. The van der Waals surface area contributed by atoms with Crippen molar-refractivity contribution >= 4 is 17.8 Å². The van der Waals surface area contributed by atoms with E-state index < -0.39 is 5.97 Å². The number of ether oxygens (including phenoxy) is 4. The molecule has 2 amide bonds. The van der Waals surface area contributed by atoms with E-state index in [0.29, 0.717) is 17.2 Å². The van der Waals surface area contributed by atoms with Gasteiger partial charge in [0.15, 0.2) is 11.5 Å². The van der Waals surface area contributed by atoms with Crippen molar-refractivity contribution in [3.63, 3.8) is 0 Å². The Morgan fingerprint density at radius 2 is 1.09 bits per heavy atom. The van der Waals surface area contributed by atoms with E-state index >= 15 is 0 Å². The highest BCUT2D eigenvalue weighted by atomic mass is 16.5. The van der Waals surface area contributed by atoms with E-state index in [0.717, 1.165) is 23.1 Å². The molecule has 238 valence electrons. The molecule has 0 spiro atoms. The van der Waals surface area contributed by atoms with Crippen LogP contribution in [0.3, 0.4) is 0 Å². The van der Waals surface area contributed by atoms with Crippen molar-refractivity contribution < 1.29 is 33.3 Å². The SMILES string of the molecule is O=C(OCCN1C(=O)[C@@H]2[C@H](C1=O)[C@H]1C=C[C@@H]2C1)c1cc(OCc2ccccc2)c(OCc2ccccc2)c(OCc2ccccc2)c1. The number of amides is 2. The van der Waals surface area contributed by atoms with Gasteiger partial charge in [0.2, 0.25) is 17.6 Å². The summed E-state index contributed by atoms with van der Waals surface area (Å²) in [5, 5.41) is 0. The van der Waals surface area contributed by atoms with Gasteiger partial charge in [-0.05, 0) is 47.1 Å². The van der Waals surface area contributed by atoms with Gasteiger partial charge in [0, 0.05) is 0 Å². The molecule has 4 aromatic rings. The number of carbonyl (C=O) groups is 3. The van der Waals surface area contributed by atoms with Gasteiger partial charge in [0.1, 0.15) is 26.4 Å². The minimum atomic E-state index is -0.630. The Morgan fingerprint density at radius 3 is 1.55 bits per heavy atom. The molecule has 4 atom stereocenters. The number of carbonyl (C=O) groups excluding carboxylic acids is 3. The average molecular weight is 630 g/mol. The number of esters is 1. The van der Waals surface area contributed by atoms with Gasteiger partial charge < -0.3 is 18.9 Å². The minimum Gasteiger partial charge on any atom is -0.485 e. The molecular weight excluding hydrogens is 594 g/mol. The summed E-state index contributed by atoms with van der Waals surface area (Å²) in [6, 6.07) is 32.3. The molecule has 3 aliphatic rings. The summed E-state index contributed by atoms with van der Waals surface area (Å²) in [5.41, 5.74) is 3.03. The molecule has 2 aliphatic carbocycles. The number of benzene rings is 4. The van der Waals surface area contributed by atoms with Crippen molar-refractivity contribution in [2.75, 3.05) is 13.2 Å². The molecule has 0 N–H and O–H groups in total. The van der Waals surface area contributed by atoms with Gasteiger partial charge in [-0.25, -0.2) is 4.79 Å². The van der Waals surface area contributed by atoms with Crippen LogP contribution in [0.5, 0.6) is 17.2 Å². The van der Waals surface area contributed by atoms with Crippen LogP contribution in [0.15, 0.2) is 115 Å². The Bertz CT molecular complexity index is 1680. The number of rotatable bonds is 13. The smallest absolute Gasteiger partial charge is 0.338 e. The first-order valence-corrected chi connectivity index (χ1v) is 15.9. The van der Waals surface area contributed by atoms with Crippen molar-refractivity contribution in [1.82, 2.24) is 4.90 Å². The molecule has 47 heavy (non-hydrogen) atoms. The van der Waals surface area contributed by atoms with Crippen LogP contribution in [0.4, 0.5) is 0 Å². The average Bonchev–Trinajstić information content (AvgIpc) is 3.80. The van der Waals surface area contributed by atoms with Crippen LogP contribution in [-0.4, -0.2) is 35.8 Å². The van der Waals surface area contributed by atoms with Gasteiger partial charge >= 0.3 is 5.97 Å². The van der Waals surface area contributed by atoms with Gasteiger partial charge in [0.05, 0.1) is 23.9 Å². The van der Waals surface area contributed by atoms with Crippen LogP contribution in [-0.2, 0) is 34.1 Å². The van der Waals surface area contributed by atoms with Crippen molar-refractivity contribution in [3.05, 3.63) is 138 Å². The molecule has 1 aliphatic heterocycles. The molecule has 0 aromatic heterocycles.